The van der Waals surface area contributed by atoms with E-state index in [9.17, 15) is 23.1 Å². The van der Waals surface area contributed by atoms with Crippen LogP contribution in [0, 0.1) is 20.8 Å². The fraction of sp³-hybridized carbons (Fsp3) is 0.250. The van der Waals surface area contributed by atoms with E-state index in [0.717, 1.165) is 45.7 Å². The van der Waals surface area contributed by atoms with Gasteiger partial charge in [0.05, 0.1) is 18.4 Å². The molecule has 7 heteroatoms. The fourth-order valence-corrected chi connectivity index (χ4v) is 3.39. The lowest BCUT2D eigenvalue weighted by atomic mass is 9.96. The minimum Gasteiger partial charge on any atom is -0.506 e. The van der Waals surface area contributed by atoms with E-state index in [1.165, 1.54) is 6.08 Å². The molecule has 0 aliphatic rings. The van der Waals surface area contributed by atoms with Crippen molar-refractivity contribution in [3.8, 4) is 11.5 Å². The fourth-order valence-electron chi connectivity index (χ4n) is 3.39. The predicted octanol–water partition coefficient (Wildman–Crippen LogP) is 7.45. The molecule has 0 saturated carbocycles. The van der Waals surface area contributed by atoms with Gasteiger partial charge in [-0.2, -0.15) is 13.2 Å². The van der Waals surface area contributed by atoms with E-state index < -0.39 is 23.4 Å². The molecule has 0 fully saturated rings. The van der Waals surface area contributed by atoms with E-state index in [-0.39, 0.29) is 5.69 Å². The van der Waals surface area contributed by atoms with Gasteiger partial charge in [-0.15, -0.1) is 0 Å². The number of benzene rings is 2. The summed E-state index contributed by atoms with van der Waals surface area (Å²) in [6, 6.07) is 4.40. The minimum absolute atomic E-state index is 0.101. The number of allylic oxidation sites excluding steroid dienone is 6. The number of phenols is 1. The van der Waals surface area contributed by atoms with E-state index in [1.54, 1.807) is 26.2 Å². The number of aromatic hydroxyl groups is 1. The Balaban J connectivity index is 2.05. The van der Waals surface area contributed by atoms with Crippen LogP contribution >= 0.6 is 0 Å². The molecule has 0 unspecified atom stereocenters. The van der Waals surface area contributed by atoms with Gasteiger partial charge in [0.25, 0.3) is 0 Å². The van der Waals surface area contributed by atoms with Crippen LogP contribution in [0.5, 0.6) is 11.5 Å². The molecule has 2 aromatic rings. The first kappa shape index (κ1) is 27.5. The molecule has 2 rings (SSSR count). The quantitative estimate of drug-likeness (QED) is 0.243. The summed E-state index contributed by atoms with van der Waals surface area (Å²) in [4.78, 5) is 12.2. The third-order valence-electron chi connectivity index (χ3n) is 5.50. The van der Waals surface area contributed by atoms with Crippen LogP contribution in [0.1, 0.15) is 41.7 Å². The lowest BCUT2D eigenvalue weighted by Crippen LogP contribution is -2.10. The smallest absolute Gasteiger partial charge is 0.416 e. The highest BCUT2D eigenvalue weighted by molar-refractivity contribution is 6.00. The summed E-state index contributed by atoms with van der Waals surface area (Å²) in [6.45, 7) is 9.81. The van der Waals surface area contributed by atoms with Crippen LogP contribution in [0.3, 0.4) is 0 Å². The Labute approximate surface area is 204 Å². The van der Waals surface area contributed by atoms with Gasteiger partial charge in [-0.1, -0.05) is 36.0 Å². The Morgan fingerprint density at radius 1 is 1.03 bits per heavy atom. The number of ether oxygens (including phenoxy) is 1. The summed E-state index contributed by atoms with van der Waals surface area (Å²) in [5.74, 6) is -0.353. The first-order chi connectivity index (χ1) is 16.3. The zero-order valence-electron chi connectivity index (χ0n) is 20.7. The van der Waals surface area contributed by atoms with Crippen LogP contribution < -0.4 is 10.1 Å². The second-order valence-corrected chi connectivity index (χ2v) is 8.27. The summed E-state index contributed by atoms with van der Waals surface area (Å²) in [6.07, 6.45) is 6.21. The van der Waals surface area contributed by atoms with Gasteiger partial charge in [0.1, 0.15) is 11.5 Å². The molecule has 0 radical (unpaired) electrons. The number of carbonyl (C=O) groups excluding carboxylic acids is 1. The van der Waals surface area contributed by atoms with Gasteiger partial charge in [-0.3, -0.25) is 4.79 Å². The molecule has 0 spiro atoms. The van der Waals surface area contributed by atoms with Gasteiger partial charge in [0, 0.05) is 6.08 Å². The third kappa shape index (κ3) is 7.64. The van der Waals surface area contributed by atoms with Gasteiger partial charge in [0.2, 0.25) is 5.91 Å². The number of aryl methyl sites for hydroxylation is 1. The van der Waals surface area contributed by atoms with Crippen LogP contribution in [0.4, 0.5) is 18.9 Å². The molecule has 4 nitrogen and oxygen atoms in total. The highest BCUT2D eigenvalue weighted by atomic mass is 19.4. The molecule has 1 amide bonds. The number of halogens is 3. The normalized spacial score (nSPS) is 13.1. The molecule has 0 aromatic heterocycles. The van der Waals surface area contributed by atoms with Gasteiger partial charge in [0.15, 0.2) is 0 Å². The van der Waals surface area contributed by atoms with Crippen molar-refractivity contribution >= 4 is 17.7 Å². The number of amides is 1. The number of anilines is 1. The number of hydrogen-bond acceptors (Lipinski definition) is 3. The van der Waals surface area contributed by atoms with Crippen molar-refractivity contribution in [3.05, 3.63) is 93.6 Å². The molecule has 186 valence electrons. The Hall–Kier alpha value is -3.74. The molecule has 0 aliphatic carbocycles. The van der Waals surface area contributed by atoms with Crippen molar-refractivity contribution in [1.82, 2.24) is 0 Å². The molecule has 0 atom stereocenters. The third-order valence-corrected chi connectivity index (χ3v) is 5.50. The van der Waals surface area contributed by atoms with Gasteiger partial charge in [-0.05, 0) is 86.7 Å². The molecular formula is C28H30F3NO3. The minimum atomic E-state index is -4.58. The van der Waals surface area contributed by atoms with Crippen molar-refractivity contribution in [2.24, 2.45) is 0 Å². The van der Waals surface area contributed by atoms with Gasteiger partial charge < -0.3 is 15.2 Å². The molecular weight excluding hydrogens is 455 g/mol. The average molecular weight is 486 g/mol. The van der Waals surface area contributed by atoms with Gasteiger partial charge >= 0.3 is 6.18 Å². The number of carbonyl (C=O) groups is 1. The highest BCUT2D eigenvalue weighted by Crippen LogP contribution is 2.34. The second kappa shape index (κ2) is 11.6. The number of hydrogen-bond donors (Lipinski definition) is 2. The molecule has 0 aliphatic heterocycles. The van der Waals surface area contributed by atoms with E-state index >= 15 is 0 Å². The molecule has 2 N–H and O–H groups in total. The maximum absolute atomic E-state index is 12.7. The standard InChI is InChI=1S/C28H30F3NO3/c1-17(10-12-23-19(3)15-26(35-6)21(5)20(23)4)8-7-9-18(2)14-27(34)32-24-13-11-22(16-25(24)33)28(29,30)31/h7-16,33H,1-6H3,(H,32,34)/b9-7+,12-10+,17-8+,18-14+. The zero-order valence-corrected chi connectivity index (χ0v) is 20.7. The van der Waals surface area contributed by atoms with Gasteiger partial charge in [-0.25, -0.2) is 0 Å². The zero-order chi connectivity index (χ0) is 26.3. The van der Waals surface area contributed by atoms with Crippen LogP contribution in [0.25, 0.3) is 6.08 Å². The molecule has 35 heavy (non-hydrogen) atoms. The predicted molar refractivity (Wildman–Crippen MR) is 135 cm³/mol. The Morgan fingerprint density at radius 3 is 2.31 bits per heavy atom. The number of phenolic OH excluding ortho intramolecular Hbond substituents is 1. The topological polar surface area (TPSA) is 58.6 Å². The van der Waals surface area contributed by atoms with Crippen LogP contribution in [0.2, 0.25) is 0 Å². The Kier molecular flexibility index (Phi) is 9.12. The van der Waals surface area contributed by atoms with E-state index in [1.807, 2.05) is 39.0 Å². The average Bonchev–Trinajstić information content (AvgIpc) is 2.76. The van der Waals surface area contributed by atoms with E-state index in [0.29, 0.717) is 11.6 Å². The number of rotatable bonds is 7. The summed E-state index contributed by atoms with van der Waals surface area (Å²) in [5.41, 5.74) is 5.04. The largest absolute Gasteiger partial charge is 0.506 e. The summed E-state index contributed by atoms with van der Waals surface area (Å²) >= 11 is 0. The van der Waals surface area contributed by atoms with Crippen LogP contribution in [-0.4, -0.2) is 18.1 Å². The van der Waals surface area contributed by atoms with Crippen molar-refractivity contribution in [3.63, 3.8) is 0 Å². The summed E-state index contributed by atoms with van der Waals surface area (Å²) in [7, 11) is 1.66. The van der Waals surface area contributed by atoms with Crippen LogP contribution in [-0.2, 0) is 11.0 Å². The number of nitrogens with one attached hydrogen (secondary N) is 1. The lowest BCUT2D eigenvalue weighted by molar-refractivity contribution is -0.137. The summed E-state index contributed by atoms with van der Waals surface area (Å²) in [5, 5.41) is 12.2. The maximum atomic E-state index is 12.7. The lowest BCUT2D eigenvalue weighted by Gasteiger charge is -2.13. The number of methoxy groups -OCH3 is 1. The summed E-state index contributed by atoms with van der Waals surface area (Å²) < 4.78 is 43.5. The molecule has 2 aromatic carbocycles. The molecule has 0 bridgehead atoms. The van der Waals surface area contributed by atoms with E-state index in [4.69, 9.17) is 4.74 Å². The Bertz CT molecular complexity index is 1220. The van der Waals surface area contributed by atoms with Crippen molar-refractivity contribution < 1.29 is 27.8 Å². The first-order valence-corrected chi connectivity index (χ1v) is 10.9. The number of alkyl halides is 3. The first-order valence-electron chi connectivity index (χ1n) is 10.9. The maximum Gasteiger partial charge on any atom is 0.416 e. The van der Waals surface area contributed by atoms with E-state index in [2.05, 4.69) is 18.3 Å². The van der Waals surface area contributed by atoms with Crippen molar-refractivity contribution in [2.75, 3.05) is 12.4 Å². The molecule has 0 saturated heterocycles. The SMILES string of the molecule is COc1cc(C)c(/C=C/C(C)=C/C=C/C(C)=C/C(=O)Nc2ccc(C(F)(F)F)cc2O)c(C)c1C. The van der Waals surface area contributed by atoms with Crippen molar-refractivity contribution in [1.29, 1.82) is 0 Å². The Morgan fingerprint density at radius 2 is 1.71 bits per heavy atom. The highest BCUT2D eigenvalue weighted by Gasteiger charge is 2.31. The molecule has 0 heterocycles. The monoisotopic (exact) mass is 485 g/mol. The van der Waals surface area contributed by atoms with Crippen LogP contribution in [0.15, 0.2) is 65.8 Å². The van der Waals surface area contributed by atoms with Crippen molar-refractivity contribution in [2.45, 2.75) is 40.8 Å². The second-order valence-electron chi connectivity index (χ2n) is 8.27.